The Kier molecular flexibility index (Phi) is 4.53. The topological polar surface area (TPSA) is 41.1 Å². The third-order valence-electron chi connectivity index (χ3n) is 2.33. The Morgan fingerprint density at radius 1 is 1.56 bits per heavy atom. The average molecular weight is 265 g/mol. The van der Waals surface area contributed by atoms with Gasteiger partial charge in [0.15, 0.2) is 0 Å². The minimum absolute atomic E-state index is 0. The van der Waals surface area contributed by atoms with Gasteiger partial charge in [-0.05, 0) is 31.2 Å². The number of hydrogen-bond donors (Lipinski definition) is 2. The molecule has 2 N–H and O–H groups in total. The van der Waals surface area contributed by atoms with Crippen molar-refractivity contribution in [3.05, 3.63) is 29.0 Å². The van der Waals surface area contributed by atoms with E-state index in [4.69, 9.17) is 11.6 Å². The Morgan fingerprint density at radius 3 is 2.75 bits per heavy atom. The van der Waals surface area contributed by atoms with Gasteiger partial charge in [0.25, 0.3) is 0 Å². The molecule has 1 atom stereocenters. The molecule has 0 aliphatic carbocycles. The van der Waals surface area contributed by atoms with Gasteiger partial charge in [-0.2, -0.15) is 0 Å². The van der Waals surface area contributed by atoms with Crippen LogP contribution < -0.4 is 10.6 Å². The number of nitrogens with one attached hydrogen (secondary N) is 2. The normalized spacial score (nSPS) is 18.2. The highest BCUT2D eigenvalue weighted by Gasteiger charge is 2.24. The third-order valence-corrected chi connectivity index (χ3v) is 2.62. The van der Waals surface area contributed by atoms with Crippen LogP contribution in [0.2, 0.25) is 5.02 Å². The number of hydrogen-bond acceptors (Lipinski definition) is 2. The van der Waals surface area contributed by atoms with Gasteiger partial charge in [0.05, 0.1) is 11.1 Å². The highest BCUT2D eigenvalue weighted by molar-refractivity contribution is 6.31. The fourth-order valence-electron chi connectivity index (χ4n) is 1.32. The summed E-state index contributed by atoms with van der Waals surface area (Å²) in [5.41, 5.74) is 0.514. The second kappa shape index (κ2) is 5.48. The van der Waals surface area contributed by atoms with Crippen LogP contribution in [0.15, 0.2) is 18.2 Å². The number of carbonyl (C=O) groups excluding carboxylic acids is 1. The zero-order valence-electron chi connectivity index (χ0n) is 8.30. The highest BCUT2D eigenvalue weighted by Crippen LogP contribution is 2.19. The predicted octanol–water partition coefficient (Wildman–Crippen LogP) is 2.20. The smallest absolute Gasteiger partial charge is 0.241 e. The van der Waals surface area contributed by atoms with E-state index in [-0.39, 0.29) is 29.4 Å². The van der Waals surface area contributed by atoms with Gasteiger partial charge < -0.3 is 10.6 Å². The van der Waals surface area contributed by atoms with E-state index in [2.05, 4.69) is 10.6 Å². The summed E-state index contributed by atoms with van der Waals surface area (Å²) in [7, 11) is 0. The summed E-state index contributed by atoms with van der Waals surface area (Å²) in [5, 5.41) is 5.64. The molecule has 88 valence electrons. The Morgan fingerprint density at radius 2 is 2.25 bits per heavy atom. The Labute approximate surface area is 104 Å². The van der Waals surface area contributed by atoms with Gasteiger partial charge >= 0.3 is 0 Å². The monoisotopic (exact) mass is 264 g/mol. The summed E-state index contributed by atoms with van der Waals surface area (Å²) in [5.74, 6) is -0.597. The zero-order valence-corrected chi connectivity index (χ0v) is 9.87. The van der Waals surface area contributed by atoms with Crippen molar-refractivity contribution in [1.29, 1.82) is 0 Å². The summed E-state index contributed by atoms with van der Waals surface area (Å²) < 4.78 is 12.8. The average Bonchev–Trinajstić information content (AvgIpc) is 2.08. The second-order valence-electron chi connectivity index (χ2n) is 3.41. The fourth-order valence-corrected chi connectivity index (χ4v) is 1.50. The van der Waals surface area contributed by atoms with E-state index in [0.717, 1.165) is 13.0 Å². The molecule has 2 rings (SSSR count). The van der Waals surface area contributed by atoms with Crippen LogP contribution in [0.1, 0.15) is 6.42 Å². The first-order chi connectivity index (χ1) is 7.16. The largest absolute Gasteiger partial charge is 0.325 e. The summed E-state index contributed by atoms with van der Waals surface area (Å²) in [4.78, 5) is 11.5. The van der Waals surface area contributed by atoms with Crippen molar-refractivity contribution >= 4 is 35.6 Å². The number of rotatable bonds is 2. The first-order valence-electron chi connectivity index (χ1n) is 4.66. The number of anilines is 1. The van der Waals surface area contributed by atoms with E-state index in [1.54, 1.807) is 0 Å². The van der Waals surface area contributed by atoms with Crippen LogP contribution in [0.4, 0.5) is 10.1 Å². The van der Waals surface area contributed by atoms with Crippen molar-refractivity contribution in [2.24, 2.45) is 0 Å². The van der Waals surface area contributed by atoms with Crippen LogP contribution >= 0.6 is 24.0 Å². The van der Waals surface area contributed by atoms with E-state index >= 15 is 0 Å². The van der Waals surface area contributed by atoms with Crippen molar-refractivity contribution in [3.63, 3.8) is 0 Å². The molecule has 1 heterocycles. The first kappa shape index (κ1) is 13.2. The van der Waals surface area contributed by atoms with Crippen LogP contribution in [0.25, 0.3) is 0 Å². The molecule has 1 fully saturated rings. The molecule has 1 amide bonds. The number of benzene rings is 1. The Bertz CT molecular complexity index is 396. The predicted molar refractivity (Wildman–Crippen MR) is 63.7 cm³/mol. The molecule has 1 aromatic carbocycles. The van der Waals surface area contributed by atoms with Crippen molar-refractivity contribution in [2.75, 3.05) is 11.9 Å². The molecule has 1 aromatic rings. The molecule has 1 aliphatic heterocycles. The number of halogens is 3. The van der Waals surface area contributed by atoms with Crippen LogP contribution in [-0.2, 0) is 4.79 Å². The van der Waals surface area contributed by atoms with Crippen molar-refractivity contribution < 1.29 is 9.18 Å². The molecule has 1 saturated heterocycles. The summed E-state index contributed by atoms with van der Waals surface area (Å²) in [6, 6.07) is 3.98. The lowest BCUT2D eigenvalue weighted by atomic mass is 10.1. The summed E-state index contributed by atoms with van der Waals surface area (Å²) >= 11 is 5.58. The maximum absolute atomic E-state index is 12.8. The zero-order chi connectivity index (χ0) is 10.8. The number of amides is 1. The molecule has 0 radical (unpaired) electrons. The van der Waals surface area contributed by atoms with Gasteiger partial charge in [-0.1, -0.05) is 11.6 Å². The first-order valence-corrected chi connectivity index (χ1v) is 5.04. The van der Waals surface area contributed by atoms with Crippen LogP contribution in [0.5, 0.6) is 0 Å². The van der Waals surface area contributed by atoms with Crippen LogP contribution in [0.3, 0.4) is 0 Å². The Hall–Kier alpha value is -0.840. The fraction of sp³-hybridized carbons (Fsp3) is 0.300. The van der Waals surface area contributed by atoms with Crippen molar-refractivity contribution in [2.45, 2.75) is 12.5 Å². The standard InChI is InChI=1S/C10H10ClFN2O.ClH/c11-7-5-6(1-2-8(7)12)14-10(15)9-3-4-13-9;/h1-2,5,9,13H,3-4H2,(H,14,15);1H/t9-;/m1./s1. The Balaban J connectivity index is 0.00000128. The van der Waals surface area contributed by atoms with Gasteiger partial charge in [-0.15, -0.1) is 12.4 Å². The molecule has 0 unspecified atom stereocenters. The lowest BCUT2D eigenvalue weighted by molar-refractivity contribution is -0.119. The summed E-state index contributed by atoms with van der Waals surface area (Å²) in [6.07, 6.45) is 0.834. The molecule has 3 nitrogen and oxygen atoms in total. The maximum atomic E-state index is 12.8. The highest BCUT2D eigenvalue weighted by atomic mass is 35.5. The minimum atomic E-state index is -0.489. The van der Waals surface area contributed by atoms with Crippen LogP contribution in [-0.4, -0.2) is 18.5 Å². The molecule has 1 aliphatic rings. The van der Waals surface area contributed by atoms with E-state index in [1.165, 1.54) is 18.2 Å². The van der Waals surface area contributed by atoms with E-state index in [1.807, 2.05) is 0 Å². The molecule has 0 bridgehead atoms. The molecule has 0 spiro atoms. The lowest BCUT2D eigenvalue weighted by Crippen LogP contribution is -2.50. The van der Waals surface area contributed by atoms with E-state index < -0.39 is 5.82 Å². The van der Waals surface area contributed by atoms with Crippen molar-refractivity contribution in [1.82, 2.24) is 5.32 Å². The van der Waals surface area contributed by atoms with Crippen LogP contribution in [0, 0.1) is 5.82 Å². The van der Waals surface area contributed by atoms with E-state index in [9.17, 15) is 9.18 Å². The molecule has 6 heteroatoms. The number of carbonyl (C=O) groups is 1. The SMILES string of the molecule is Cl.O=C(Nc1ccc(F)c(Cl)c1)[C@H]1CCN1. The van der Waals surface area contributed by atoms with Gasteiger partial charge in [-0.3, -0.25) is 4.79 Å². The third kappa shape index (κ3) is 2.84. The van der Waals surface area contributed by atoms with Gasteiger partial charge in [0, 0.05) is 5.69 Å². The molecule has 16 heavy (non-hydrogen) atoms. The second-order valence-corrected chi connectivity index (χ2v) is 3.82. The molecule has 0 aromatic heterocycles. The quantitative estimate of drug-likeness (QED) is 0.860. The minimum Gasteiger partial charge on any atom is -0.325 e. The molecular weight excluding hydrogens is 254 g/mol. The molecule has 0 saturated carbocycles. The maximum Gasteiger partial charge on any atom is 0.241 e. The van der Waals surface area contributed by atoms with Gasteiger partial charge in [0.2, 0.25) is 5.91 Å². The van der Waals surface area contributed by atoms with E-state index in [0.29, 0.717) is 5.69 Å². The summed E-state index contributed by atoms with van der Waals surface area (Å²) in [6.45, 7) is 0.863. The van der Waals surface area contributed by atoms with Gasteiger partial charge in [-0.25, -0.2) is 4.39 Å². The van der Waals surface area contributed by atoms with Crippen molar-refractivity contribution in [3.8, 4) is 0 Å². The lowest BCUT2D eigenvalue weighted by Gasteiger charge is -2.26. The molecular formula is C10H11Cl2FN2O. The van der Waals surface area contributed by atoms with Gasteiger partial charge in [0.1, 0.15) is 5.82 Å².